The lowest BCUT2D eigenvalue weighted by atomic mass is 10.1. The van der Waals surface area contributed by atoms with Crippen molar-refractivity contribution < 1.29 is 19.2 Å². The maximum absolute atomic E-state index is 12.5. The standard InChI is InChI=1S/C19H13N3O5S2/c1-10-12(8-20)19(21-18(23)15-4-5-17(28-15)22(24)25)29-16(10)7-11-2-3-13-14(6-11)27-9-26-13/h2-6H,7,9H2,1H3,(H,21,23). The summed E-state index contributed by atoms with van der Waals surface area (Å²) in [7, 11) is 0. The van der Waals surface area contributed by atoms with E-state index in [4.69, 9.17) is 9.47 Å². The van der Waals surface area contributed by atoms with E-state index in [9.17, 15) is 20.2 Å². The molecule has 1 aliphatic heterocycles. The van der Waals surface area contributed by atoms with Gasteiger partial charge in [-0.25, -0.2) is 0 Å². The molecule has 0 unspecified atom stereocenters. The number of hydrogen-bond donors (Lipinski definition) is 1. The Morgan fingerprint density at radius 1 is 1.28 bits per heavy atom. The molecule has 2 aromatic heterocycles. The van der Waals surface area contributed by atoms with Crippen LogP contribution in [-0.2, 0) is 6.42 Å². The van der Waals surface area contributed by atoms with Gasteiger partial charge in [-0.2, -0.15) is 5.26 Å². The maximum Gasteiger partial charge on any atom is 0.324 e. The summed E-state index contributed by atoms with van der Waals surface area (Å²) in [6.07, 6.45) is 0.572. The summed E-state index contributed by atoms with van der Waals surface area (Å²) in [5.74, 6) is 0.910. The Morgan fingerprint density at radius 3 is 2.79 bits per heavy atom. The van der Waals surface area contributed by atoms with Gasteiger partial charge in [0, 0.05) is 17.4 Å². The van der Waals surface area contributed by atoms with Gasteiger partial charge in [0.05, 0.1) is 15.4 Å². The number of carbonyl (C=O) groups excluding carboxylic acids is 1. The molecule has 29 heavy (non-hydrogen) atoms. The number of fused-ring (bicyclic) bond motifs is 1. The fraction of sp³-hybridized carbons (Fsp3) is 0.158. The number of nitrogens with zero attached hydrogens (tertiary/aromatic N) is 2. The van der Waals surface area contributed by atoms with Crippen molar-refractivity contribution in [2.45, 2.75) is 13.3 Å². The Hall–Kier alpha value is -3.42. The molecule has 0 aliphatic carbocycles. The second-order valence-corrected chi connectivity index (χ2v) is 8.35. The van der Waals surface area contributed by atoms with Crippen LogP contribution in [0.3, 0.4) is 0 Å². The highest BCUT2D eigenvalue weighted by molar-refractivity contribution is 7.18. The van der Waals surface area contributed by atoms with E-state index in [1.165, 1.54) is 23.5 Å². The van der Waals surface area contributed by atoms with Crippen molar-refractivity contribution in [3.8, 4) is 17.6 Å². The number of amides is 1. The lowest BCUT2D eigenvalue weighted by Gasteiger charge is -2.02. The summed E-state index contributed by atoms with van der Waals surface area (Å²) in [5, 5.41) is 23.4. The predicted octanol–water partition coefficient (Wildman–Crippen LogP) is 4.47. The second kappa shape index (κ2) is 7.54. The number of hydrogen-bond acceptors (Lipinski definition) is 8. The van der Waals surface area contributed by atoms with Crippen molar-refractivity contribution in [2.75, 3.05) is 12.1 Å². The number of rotatable bonds is 5. The highest BCUT2D eigenvalue weighted by Gasteiger charge is 2.21. The zero-order valence-corrected chi connectivity index (χ0v) is 16.7. The number of nitrogens with one attached hydrogen (secondary N) is 1. The van der Waals surface area contributed by atoms with Crippen LogP contribution in [0.5, 0.6) is 11.5 Å². The van der Waals surface area contributed by atoms with Gasteiger partial charge in [-0.05, 0) is 36.2 Å². The van der Waals surface area contributed by atoms with Gasteiger partial charge >= 0.3 is 5.00 Å². The quantitative estimate of drug-likeness (QED) is 0.475. The first-order valence-corrected chi connectivity index (χ1v) is 10.1. The number of anilines is 1. The van der Waals surface area contributed by atoms with Crippen molar-refractivity contribution >= 4 is 38.6 Å². The first-order valence-electron chi connectivity index (χ1n) is 8.42. The molecule has 8 nitrogen and oxygen atoms in total. The van der Waals surface area contributed by atoms with Crippen molar-refractivity contribution in [1.82, 2.24) is 0 Å². The van der Waals surface area contributed by atoms with E-state index in [1.807, 2.05) is 25.1 Å². The number of nitro groups is 1. The van der Waals surface area contributed by atoms with Crippen LogP contribution in [0.15, 0.2) is 30.3 Å². The van der Waals surface area contributed by atoms with Gasteiger partial charge in [0.15, 0.2) is 11.5 Å². The maximum atomic E-state index is 12.5. The largest absolute Gasteiger partial charge is 0.454 e. The van der Waals surface area contributed by atoms with Crippen molar-refractivity contribution in [2.24, 2.45) is 0 Å². The Balaban J connectivity index is 1.57. The van der Waals surface area contributed by atoms with Gasteiger partial charge in [-0.1, -0.05) is 17.4 Å². The van der Waals surface area contributed by atoms with E-state index in [2.05, 4.69) is 11.4 Å². The SMILES string of the molecule is Cc1c(Cc2ccc3c(c2)OCO3)sc(NC(=O)c2ccc([N+](=O)[O-])s2)c1C#N. The lowest BCUT2D eigenvalue weighted by Crippen LogP contribution is -2.09. The molecular weight excluding hydrogens is 414 g/mol. The van der Waals surface area contributed by atoms with Crippen LogP contribution in [-0.4, -0.2) is 17.6 Å². The summed E-state index contributed by atoms with van der Waals surface area (Å²) in [4.78, 5) is 23.9. The Labute approximate surface area is 173 Å². The molecule has 3 aromatic rings. The Kier molecular flexibility index (Phi) is 4.92. The molecule has 146 valence electrons. The first kappa shape index (κ1) is 18.9. The molecule has 0 spiro atoms. The molecule has 0 fully saturated rings. The Bertz CT molecular complexity index is 1180. The average Bonchev–Trinajstić information content (AvgIpc) is 3.41. The monoisotopic (exact) mass is 427 g/mol. The van der Waals surface area contributed by atoms with Gasteiger partial charge in [-0.3, -0.25) is 14.9 Å². The van der Waals surface area contributed by atoms with Crippen LogP contribution in [0.1, 0.15) is 31.2 Å². The van der Waals surface area contributed by atoms with Gasteiger partial charge in [0.25, 0.3) is 5.91 Å². The molecule has 1 aliphatic rings. The number of nitriles is 1. The van der Waals surface area contributed by atoms with Gasteiger partial charge < -0.3 is 14.8 Å². The molecule has 0 saturated heterocycles. The molecule has 10 heteroatoms. The van der Waals surface area contributed by atoms with Gasteiger partial charge in [-0.15, -0.1) is 11.3 Å². The molecule has 0 saturated carbocycles. The average molecular weight is 427 g/mol. The zero-order valence-electron chi connectivity index (χ0n) is 15.1. The smallest absolute Gasteiger partial charge is 0.324 e. The van der Waals surface area contributed by atoms with E-state index in [0.717, 1.165) is 27.3 Å². The number of carbonyl (C=O) groups is 1. The van der Waals surface area contributed by atoms with E-state index >= 15 is 0 Å². The third-order valence-corrected chi connectivity index (χ3v) is 6.62. The molecule has 0 bridgehead atoms. The summed E-state index contributed by atoms with van der Waals surface area (Å²) in [6.45, 7) is 2.04. The number of benzene rings is 1. The second-order valence-electron chi connectivity index (χ2n) is 6.18. The third-order valence-electron chi connectivity index (χ3n) is 4.38. The normalized spacial score (nSPS) is 11.9. The minimum Gasteiger partial charge on any atom is -0.454 e. The third kappa shape index (κ3) is 3.65. The topological polar surface area (TPSA) is 114 Å². The minimum absolute atomic E-state index is 0.110. The van der Waals surface area contributed by atoms with Gasteiger partial charge in [0.1, 0.15) is 11.1 Å². The van der Waals surface area contributed by atoms with Crippen LogP contribution < -0.4 is 14.8 Å². The fourth-order valence-electron chi connectivity index (χ4n) is 2.90. The van der Waals surface area contributed by atoms with E-state index < -0.39 is 10.8 Å². The van der Waals surface area contributed by atoms with E-state index in [-0.39, 0.29) is 16.7 Å². The molecule has 3 heterocycles. The fourth-order valence-corrected chi connectivity index (χ4v) is 4.80. The van der Waals surface area contributed by atoms with Crippen LogP contribution in [0.2, 0.25) is 0 Å². The summed E-state index contributed by atoms with van der Waals surface area (Å²) in [6, 6.07) is 10.5. The highest BCUT2D eigenvalue weighted by Crippen LogP contribution is 2.37. The lowest BCUT2D eigenvalue weighted by molar-refractivity contribution is -0.380. The highest BCUT2D eigenvalue weighted by atomic mass is 32.1. The van der Waals surface area contributed by atoms with Gasteiger partial charge in [0.2, 0.25) is 6.79 Å². The van der Waals surface area contributed by atoms with Crippen LogP contribution >= 0.6 is 22.7 Å². The molecule has 1 N–H and O–H groups in total. The van der Waals surface area contributed by atoms with Crippen LogP contribution in [0, 0.1) is 28.4 Å². The molecule has 0 radical (unpaired) electrons. The van der Waals surface area contributed by atoms with Crippen molar-refractivity contribution in [3.05, 3.63) is 66.9 Å². The molecule has 4 rings (SSSR count). The number of ether oxygens (including phenoxy) is 2. The summed E-state index contributed by atoms with van der Waals surface area (Å²) >= 11 is 2.11. The van der Waals surface area contributed by atoms with Crippen LogP contribution in [0.4, 0.5) is 10.0 Å². The number of thiophene rings is 2. The van der Waals surface area contributed by atoms with Crippen LogP contribution in [0.25, 0.3) is 0 Å². The molecular formula is C19H13N3O5S2. The van der Waals surface area contributed by atoms with Crippen molar-refractivity contribution in [1.29, 1.82) is 5.26 Å². The zero-order chi connectivity index (χ0) is 20.5. The molecule has 1 amide bonds. The summed E-state index contributed by atoms with van der Waals surface area (Å²) in [5.41, 5.74) is 2.18. The van der Waals surface area contributed by atoms with E-state index in [1.54, 1.807) is 0 Å². The first-order chi connectivity index (χ1) is 14.0. The predicted molar refractivity (Wildman–Crippen MR) is 108 cm³/mol. The van der Waals surface area contributed by atoms with Crippen molar-refractivity contribution in [3.63, 3.8) is 0 Å². The molecule has 1 aromatic carbocycles. The Morgan fingerprint density at radius 2 is 2.07 bits per heavy atom. The van der Waals surface area contributed by atoms with E-state index in [0.29, 0.717) is 28.5 Å². The molecule has 0 atom stereocenters. The minimum atomic E-state index is -0.541. The summed E-state index contributed by atoms with van der Waals surface area (Å²) < 4.78 is 10.7.